The molecule has 0 bridgehead atoms. The van der Waals surface area contributed by atoms with Crippen molar-refractivity contribution in [3.63, 3.8) is 0 Å². The molecule has 4 heteroatoms. The summed E-state index contributed by atoms with van der Waals surface area (Å²) in [5.74, 6) is 0. The molecule has 0 unspecified atom stereocenters. The average Bonchev–Trinajstić information content (AvgIpc) is 2.75. The zero-order valence-electron chi connectivity index (χ0n) is 14.9. The maximum absolute atomic E-state index is 3.68. The van der Waals surface area contributed by atoms with Gasteiger partial charge in [-0.15, -0.1) is 0 Å². The largest absolute Gasteiger partial charge is 0.353 e. The molecule has 4 aromatic rings. The molecule has 0 radical (unpaired) electrons. The van der Waals surface area contributed by atoms with Gasteiger partial charge in [0.25, 0.3) is 0 Å². The minimum atomic E-state index is 1.17. The van der Waals surface area contributed by atoms with Gasteiger partial charge in [-0.25, -0.2) is 0 Å². The van der Waals surface area contributed by atoms with Crippen molar-refractivity contribution in [2.75, 3.05) is 10.6 Å². The van der Waals surface area contributed by atoms with Crippen LogP contribution in [0, 0.1) is 0 Å². The van der Waals surface area contributed by atoms with Gasteiger partial charge in [0.1, 0.15) is 0 Å². The standard InChI is InChI=1S/C24H16N2S2/c1-3-11-19-17(9-1)25-23-15(7-5-13-21(23)27-19)16-8-6-14-22-24(16)26-18-10-2-4-12-20(18)28-22/h1-14,25-26H. The Morgan fingerprint density at radius 2 is 0.857 bits per heavy atom. The summed E-state index contributed by atoms with van der Waals surface area (Å²) in [6.07, 6.45) is 0. The van der Waals surface area contributed by atoms with Crippen LogP contribution < -0.4 is 10.6 Å². The molecule has 0 saturated carbocycles. The second-order valence-corrected chi connectivity index (χ2v) is 8.97. The minimum Gasteiger partial charge on any atom is -0.353 e. The SMILES string of the molecule is c1ccc2c(c1)Nc1c(cccc1-c1cccc3c1Nc1ccccc1S3)S2. The molecule has 28 heavy (non-hydrogen) atoms. The summed E-state index contributed by atoms with van der Waals surface area (Å²) in [5, 5.41) is 7.36. The maximum atomic E-state index is 3.68. The van der Waals surface area contributed by atoms with E-state index in [9.17, 15) is 0 Å². The van der Waals surface area contributed by atoms with Crippen molar-refractivity contribution in [2.24, 2.45) is 0 Å². The molecule has 6 rings (SSSR count). The van der Waals surface area contributed by atoms with Crippen molar-refractivity contribution in [3.05, 3.63) is 84.9 Å². The second-order valence-electron chi connectivity index (χ2n) is 6.80. The fourth-order valence-corrected chi connectivity index (χ4v) is 5.81. The first-order chi connectivity index (χ1) is 13.9. The minimum absolute atomic E-state index is 1.17. The number of hydrogen-bond acceptors (Lipinski definition) is 4. The van der Waals surface area contributed by atoms with Crippen molar-refractivity contribution in [3.8, 4) is 11.1 Å². The molecular weight excluding hydrogens is 380 g/mol. The highest BCUT2D eigenvalue weighted by molar-refractivity contribution is 8.00. The number of para-hydroxylation sites is 4. The van der Waals surface area contributed by atoms with Crippen molar-refractivity contribution in [2.45, 2.75) is 19.6 Å². The lowest BCUT2D eigenvalue weighted by Gasteiger charge is -2.27. The molecule has 0 fully saturated rings. The van der Waals surface area contributed by atoms with Crippen LogP contribution in [-0.4, -0.2) is 0 Å². The van der Waals surface area contributed by atoms with Crippen LogP contribution in [0.25, 0.3) is 11.1 Å². The highest BCUT2D eigenvalue weighted by Crippen LogP contribution is 2.52. The first kappa shape index (κ1) is 16.2. The van der Waals surface area contributed by atoms with Crippen LogP contribution in [0.1, 0.15) is 0 Å². The van der Waals surface area contributed by atoms with Crippen LogP contribution in [0.4, 0.5) is 22.7 Å². The van der Waals surface area contributed by atoms with Crippen LogP contribution in [-0.2, 0) is 0 Å². The molecule has 0 atom stereocenters. The van der Waals surface area contributed by atoms with Gasteiger partial charge in [0.15, 0.2) is 0 Å². The molecule has 0 aromatic heterocycles. The lowest BCUT2D eigenvalue weighted by molar-refractivity contribution is 1.29. The molecule has 2 N–H and O–H groups in total. The Labute approximate surface area is 172 Å². The van der Waals surface area contributed by atoms with E-state index in [2.05, 4.69) is 95.6 Å². The van der Waals surface area contributed by atoms with Crippen molar-refractivity contribution in [1.82, 2.24) is 0 Å². The van der Waals surface area contributed by atoms with E-state index in [-0.39, 0.29) is 0 Å². The molecule has 134 valence electrons. The van der Waals surface area contributed by atoms with E-state index >= 15 is 0 Å². The van der Waals surface area contributed by atoms with Crippen molar-refractivity contribution < 1.29 is 0 Å². The molecule has 2 heterocycles. The van der Waals surface area contributed by atoms with Crippen molar-refractivity contribution >= 4 is 46.3 Å². The van der Waals surface area contributed by atoms with E-state index < -0.39 is 0 Å². The van der Waals surface area contributed by atoms with Crippen LogP contribution in [0.2, 0.25) is 0 Å². The van der Waals surface area contributed by atoms with Gasteiger partial charge < -0.3 is 10.6 Å². The Morgan fingerprint density at radius 1 is 0.429 bits per heavy atom. The number of rotatable bonds is 1. The van der Waals surface area contributed by atoms with Crippen LogP contribution in [0.15, 0.2) is 105 Å². The summed E-state index contributed by atoms with van der Waals surface area (Å²) >= 11 is 3.66. The first-order valence-corrected chi connectivity index (χ1v) is 10.8. The third-order valence-electron chi connectivity index (χ3n) is 5.08. The molecule has 2 aliphatic rings. The number of hydrogen-bond donors (Lipinski definition) is 2. The van der Waals surface area contributed by atoms with Crippen LogP contribution >= 0.6 is 23.5 Å². The zero-order chi connectivity index (χ0) is 18.5. The third-order valence-corrected chi connectivity index (χ3v) is 7.35. The van der Waals surface area contributed by atoms with Crippen molar-refractivity contribution in [1.29, 1.82) is 0 Å². The van der Waals surface area contributed by atoms with Gasteiger partial charge in [0.05, 0.1) is 22.7 Å². The average molecular weight is 397 g/mol. The predicted molar refractivity (Wildman–Crippen MR) is 120 cm³/mol. The maximum Gasteiger partial charge on any atom is 0.0606 e. The first-order valence-electron chi connectivity index (χ1n) is 9.21. The van der Waals surface area contributed by atoms with Gasteiger partial charge in [0.2, 0.25) is 0 Å². The van der Waals surface area contributed by atoms with Crippen LogP contribution in [0.3, 0.4) is 0 Å². The highest BCUT2D eigenvalue weighted by Gasteiger charge is 2.23. The summed E-state index contributed by atoms with van der Waals surface area (Å²) in [6.45, 7) is 0. The Kier molecular flexibility index (Phi) is 3.67. The lowest BCUT2D eigenvalue weighted by atomic mass is 10.0. The molecule has 0 spiro atoms. The monoisotopic (exact) mass is 396 g/mol. The Balaban J connectivity index is 1.50. The topological polar surface area (TPSA) is 24.1 Å². The van der Waals surface area contributed by atoms with Gasteiger partial charge in [-0.3, -0.25) is 0 Å². The number of nitrogens with one attached hydrogen (secondary N) is 2. The van der Waals surface area contributed by atoms with E-state index in [1.807, 2.05) is 23.5 Å². The van der Waals surface area contributed by atoms with E-state index in [1.165, 1.54) is 53.5 Å². The third kappa shape index (κ3) is 2.53. The van der Waals surface area contributed by atoms with Gasteiger partial charge in [-0.2, -0.15) is 0 Å². The smallest absolute Gasteiger partial charge is 0.0606 e. The molecule has 4 aromatic carbocycles. The van der Waals surface area contributed by atoms with Crippen LogP contribution in [0.5, 0.6) is 0 Å². The van der Waals surface area contributed by atoms with E-state index in [0.29, 0.717) is 0 Å². The summed E-state index contributed by atoms with van der Waals surface area (Å²) < 4.78 is 0. The number of anilines is 4. The molecular formula is C24H16N2S2. The Bertz CT molecular complexity index is 1140. The normalized spacial score (nSPS) is 13.3. The molecule has 0 amide bonds. The summed E-state index contributed by atoms with van der Waals surface area (Å²) in [5.41, 5.74) is 7.16. The summed E-state index contributed by atoms with van der Waals surface area (Å²) in [4.78, 5) is 5.06. The molecule has 2 nitrogen and oxygen atoms in total. The van der Waals surface area contributed by atoms with Gasteiger partial charge in [-0.1, -0.05) is 72.1 Å². The lowest BCUT2D eigenvalue weighted by Crippen LogP contribution is -2.04. The summed E-state index contributed by atoms with van der Waals surface area (Å²) in [7, 11) is 0. The Morgan fingerprint density at radius 3 is 1.36 bits per heavy atom. The zero-order valence-corrected chi connectivity index (χ0v) is 16.5. The predicted octanol–water partition coefficient (Wildman–Crippen LogP) is 7.77. The second kappa shape index (κ2) is 6.36. The molecule has 0 aliphatic carbocycles. The van der Waals surface area contributed by atoms with Gasteiger partial charge in [-0.05, 0) is 36.4 Å². The summed E-state index contributed by atoms with van der Waals surface area (Å²) in [6, 6.07) is 30.1. The van der Waals surface area contributed by atoms with E-state index in [0.717, 1.165) is 0 Å². The van der Waals surface area contributed by atoms with Gasteiger partial charge >= 0.3 is 0 Å². The number of benzene rings is 4. The van der Waals surface area contributed by atoms with Gasteiger partial charge in [0, 0.05) is 30.7 Å². The number of fused-ring (bicyclic) bond motifs is 4. The van der Waals surface area contributed by atoms with E-state index in [4.69, 9.17) is 0 Å². The fraction of sp³-hybridized carbons (Fsp3) is 0. The molecule has 2 aliphatic heterocycles. The quantitative estimate of drug-likeness (QED) is 0.296. The fourth-order valence-electron chi connectivity index (χ4n) is 3.76. The highest BCUT2D eigenvalue weighted by atomic mass is 32.2. The Hall–Kier alpha value is -2.82. The van der Waals surface area contributed by atoms with E-state index in [1.54, 1.807) is 0 Å². The molecule has 0 saturated heterocycles.